The van der Waals surface area contributed by atoms with E-state index in [4.69, 9.17) is 16.3 Å². The van der Waals surface area contributed by atoms with Crippen LogP contribution >= 0.6 is 11.6 Å². The normalized spacial score (nSPS) is 20.0. The molecule has 0 unspecified atom stereocenters. The van der Waals surface area contributed by atoms with E-state index < -0.39 is 0 Å². The fourth-order valence-electron chi connectivity index (χ4n) is 3.12. The number of benzene rings is 1. The molecule has 4 heteroatoms. The molecule has 1 saturated carbocycles. The molecule has 0 amide bonds. The van der Waals surface area contributed by atoms with E-state index in [0.717, 1.165) is 37.3 Å². The molecule has 1 saturated heterocycles. The number of hydrogen-bond acceptors (Lipinski definition) is 3. The van der Waals surface area contributed by atoms with E-state index in [-0.39, 0.29) is 0 Å². The number of nitrogens with one attached hydrogen (secondary N) is 1. The SMILES string of the molecule is COCC1CCN(c2ccc(Cl)cc2CNC2CC2)CC1. The summed E-state index contributed by atoms with van der Waals surface area (Å²) >= 11 is 6.19. The van der Waals surface area contributed by atoms with E-state index in [1.165, 1.54) is 36.9 Å². The van der Waals surface area contributed by atoms with Crippen molar-refractivity contribution >= 4 is 17.3 Å². The van der Waals surface area contributed by atoms with Gasteiger partial charge in [0.15, 0.2) is 0 Å². The van der Waals surface area contributed by atoms with Crippen LogP contribution in [0.25, 0.3) is 0 Å². The van der Waals surface area contributed by atoms with Gasteiger partial charge in [0, 0.05) is 50.1 Å². The van der Waals surface area contributed by atoms with Crippen molar-refractivity contribution in [2.45, 2.75) is 38.3 Å². The summed E-state index contributed by atoms with van der Waals surface area (Å²) in [7, 11) is 1.80. The standard InChI is InChI=1S/C17H25ClN2O/c1-21-12-13-6-8-20(9-7-13)17-5-2-15(18)10-14(17)11-19-16-3-4-16/h2,5,10,13,16,19H,3-4,6-9,11-12H2,1H3. The highest BCUT2D eigenvalue weighted by atomic mass is 35.5. The van der Waals surface area contributed by atoms with Gasteiger partial charge in [-0.3, -0.25) is 0 Å². The van der Waals surface area contributed by atoms with Crippen LogP contribution in [-0.4, -0.2) is 32.8 Å². The van der Waals surface area contributed by atoms with Crippen molar-refractivity contribution in [1.82, 2.24) is 5.32 Å². The van der Waals surface area contributed by atoms with Gasteiger partial charge in [-0.15, -0.1) is 0 Å². The van der Waals surface area contributed by atoms with Crippen LogP contribution in [0, 0.1) is 5.92 Å². The first-order chi connectivity index (χ1) is 10.3. The zero-order valence-corrected chi connectivity index (χ0v) is 13.5. The van der Waals surface area contributed by atoms with Crippen LogP contribution in [0.2, 0.25) is 5.02 Å². The van der Waals surface area contributed by atoms with Crippen molar-refractivity contribution in [2.24, 2.45) is 5.92 Å². The lowest BCUT2D eigenvalue weighted by Gasteiger charge is -2.34. The smallest absolute Gasteiger partial charge is 0.0491 e. The predicted molar refractivity (Wildman–Crippen MR) is 88.1 cm³/mol. The van der Waals surface area contributed by atoms with Gasteiger partial charge < -0.3 is 15.0 Å². The van der Waals surface area contributed by atoms with Crippen LogP contribution in [0.4, 0.5) is 5.69 Å². The van der Waals surface area contributed by atoms with Gasteiger partial charge in [0.1, 0.15) is 0 Å². The lowest BCUT2D eigenvalue weighted by molar-refractivity contribution is 0.139. The molecule has 1 aromatic rings. The molecule has 3 rings (SSSR count). The highest BCUT2D eigenvalue weighted by molar-refractivity contribution is 6.30. The number of halogens is 1. The Labute approximate surface area is 132 Å². The topological polar surface area (TPSA) is 24.5 Å². The average Bonchev–Trinajstić information content (AvgIpc) is 3.31. The van der Waals surface area contributed by atoms with E-state index in [0.29, 0.717) is 5.92 Å². The van der Waals surface area contributed by atoms with E-state index in [1.807, 2.05) is 6.07 Å². The molecule has 0 aromatic heterocycles. The van der Waals surface area contributed by atoms with Crippen molar-refractivity contribution in [3.63, 3.8) is 0 Å². The average molecular weight is 309 g/mol. The molecule has 1 aliphatic heterocycles. The molecule has 1 aliphatic carbocycles. The summed E-state index contributed by atoms with van der Waals surface area (Å²) in [5, 5.41) is 4.44. The molecular weight excluding hydrogens is 284 g/mol. The summed E-state index contributed by atoms with van der Waals surface area (Å²) in [5.41, 5.74) is 2.68. The van der Waals surface area contributed by atoms with E-state index in [2.05, 4.69) is 22.3 Å². The monoisotopic (exact) mass is 308 g/mol. The second-order valence-corrected chi connectivity index (χ2v) is 6.75. The number of anilines is 1. The first-order valence-corrected chi connectivity index (χ1v) is 8.39. The van der Waals surface area contributed by atoms with Crippen LogP contribution in [0.3, 0.4) is 0 Å². The maximum absolute atomic E-state index is 6.19. The highest BCUT2D eigenvalue weighted by Crippen LogP contribution is 2.29. The van der Waals surface area contributed by atoms with Gasteiger partial charge in [-0.25, -0.2) is 0 Å². The molecule has 1 N–H and O–H groups in total. The van der Waals surface area contributed by atoms with Gasteiger partial charge >= 0.3 is 0 Å². The molecule has 1 aromatic carbocycles. The zero-order chi connectivity index (χ0) is 14.7. The van der Waals surface area contributed by atoms with Crippen LogP contribution < -0.4 is 10.2 Å². The second kappa shape index (κ2) is 6.99. The van der Waals surface area contributed by atoms with Gasteiger partial charge in [0.25, 0.3) is 0 Å². The number of rotatable bonds is 6. The second-order valence-electron chi connectivity index (χ2n) is 6.31. The Hall–Kier alpha value is -0.770. The summed E-state index contributed by atoms with van der Waals surface area (Å²) < 4.78 is 5.29. The third kappa shape index (κ3) is 4.12. The first kappa shape index (κ1) is 15.1. The zero-order valence-electron chi connectivity index (χ0n) is 12.8. The number of ether oxygens (including phenoxy) is 1. The largest absolute Gasteiger partial charge is 0.384 e. The van der Waals surface area contributed by atoms with E-state index in [1.54, 1.807) is 7.11 Å². The Morgan fingerprint density at radius 2 is 2.00 bits per heavy atom. The van der Waals surface area contributed by atoms with Gasteiger partial charge in [0.05, 0.1) is 0 Å². The van der Waals surface area contributed by atoms with Gasteiger partial charge in [-0.2, -0.15) is 0 Å². The maximum Gasteiger partial charge on any atom is 0.0491 e. The van der Waals surface area contributed by atoms with Gasteiger partial charge in [-0.05, 0) is 55.4 Å². The molecule has 116 valence electrons. The molecule has 1 heterocycles. The number of piperidine rings is 1. The Morgan fingerprint density at radius 1 is 1.24 bits per heavy atom. The molecule has 21 heavy (non-hydrogen) atoms. The summed E-state index contributed by atoms with van der Waals surface area (Å²) in [4.78, 5) is 2.51. The van der Waals surface area contributed by atoms with Crippen LogP contribution in [-0.2, 0) is 11.3 Å². The Bertz CT molecular complexity index is 468. The van der Waals surface area contributed by atoms with Crippen molar-refractivity contribution in [3.05, 3.63) is 28.8 Å². The van der Waals surface area contributed by atoms with Crippen molar-refractivity contribution in [1.29, 1.82) is 0 Å². The van der Waals surface area contributed by atoms with E-state index in [9.17, 15) is 0 Å². The number of methoxy groups -OCH3 is 1. The molecule has 2 fully saturated rings. The van der Waals surface area contributed by atoms with Crippen molar-refractivity contribution in [3.8, 4) is 0 Å². The minimum absolute atomic E-state index is 0.714. The lowest BCUT2D eigenvalue weighted by atomic mass is 9.96. The van der Waals surface area contributed by atoms with Gasteiger partial charge in [-0.1, -0.05) is 11.6 Å². The van der Waals surface area contributed by atoms with Crippen molar-refractivity contribution < 1.29 is 4.74 Å². The van der Waals surface area contributed by atoms with Crippen LogP contribution in [0.5, 0.6) is 0 Å². The van der Waals surface area contributed by atoms with Crippen LogP contribution in [0.15, 0.2) is 18.2 Å². The summed E-state index contributed by atoms with van der Waals surface area (Å²) in [6, 6.07) is 7.04. The molecule has 2 aliphatic rings. The van der Waals surface area contributed by atoms with E-state index >= 15 is 0 Å². The quantitative estimate of drug-likeness (QED) is 0.871. The first-order valence-electron chi connectivity index (χ1n) is 8.02. The third-order valence-corrected chi connectivity index (χ3v) is 4.79. The van der Waals surface area contributed by atoms with Crippen LogP contribution in [0.1, 0.15) is 31.2 Å². The number of nitrogens with zero attached hydrogens (tertiary/aromatic N) is 1. The molecule has 3 nitrogen and oxygen atoms in total. The number of hydrogen-bond donors (Lipinski definition) is 1. The minimum Gasteiger partial charge on any atom is -0.384 e. The molecule has 0 spiro atoms. The highest BCUT2D eigenvalue weighted by Gasteiger charge is 2.23. The third-order valence-electron chi connectivity index (χ3n) is 4.56. The van der Waals surface area contributed by atoms with Gasteiger partial charge in [0.2, 0.25) is 0 Å². The summed E-state index contributed by atoms with van der Waals surface area (Å²) in [6.07, 6.45) is 5.06. The Balaban J connectivity index is 1.66. The molecule has 0 atom stereocenters. The fourth-order valence-corrected chi connectivity index (χ4v) is 3.32. The van der Waals surface area contributed by atoms with Crippen molar-refractivity contribution in [2.75, 3.05) is 31.7 Å². The Kier molecular flexibility index (Phi) is 5.04. The minimum atomic E-state index is 0.714. The lowest BCUT2D eigenvalue weighted by Crippen LogP contribution is -2.36. The molecule has 0 radical (unpaired) electrons. The summed E-state index contributed by atoms with van der Waals surface area (Å²) in [5.74, 6) is 0.714. The molecular formula is C17H25ClN2O. The molecule has 0 bridgehead atoms. The Morgan fingerprint density at radius 3 is 2.67 bits per heavy atom. The maximum atomic E-state index is 6.19. The fraction of sp³-hybridized carbons (Fsp3) is 0.647. The summed E-state index contributed by atoms with van der Waals surface area (Å²) in [6.45, 7) is 4.06. The predicted octanol–water partition coefficient (Wildman–Crippen LogP) is 3.45.